The molecule has 2 aromatic carbocycles. The molecule has 25 heavy (non-hydrogen) atoms. The third-order valence-electron chi connectivity index (χ3n) is 3.64. The van der Waals surface area contributed by atoms with Gasteiger partial charge in [-0.25, -0.2) is 0 Å². The minimum atomic E-state index is 0.0256. The minimum absolute atomic E-state index is 0.0256. The van der Waals surface area contributed by atoms with Crippen molar-refractivity contribution < 1.29 is 9.53 Å². The van der Waals surface area contributed by atoms with Crippen LogP contribution in [0.4, 0.5) is 0 Å². The Bertz CT molecular complexity index is 853. The first-order chi connectivity index (χ1) is 12.3. The van der Waals surface area contributed by atoms with Crippen LogP contribution in [0.25, 0.3) is 6.08 Å². The van der Waals surface area contributed by atoms with Gasteiger partial charge < -0.3 is 4.74 Å². The van der Waals surface area contributed by atoms with Gasteiger partial charge in [-0.3, -0.25) is 4.79 Å². The largest absolute Gasteiger partial charge is 0.496 e. The fourth-order valence-corrected chi connectivity index (χ4v) is 3.89. The lowest BCUT2D eigenvalue weighted by Gasteiger charge is -2.09. The van der Waals surface area contributed by atoms with Crippen LogP contribution in [0.1, 0.15) is 20.8 Å². The first kappa shape index (κ1) is 17.5. The molecule has 0 aliphatic rings. The molecule has 0 amide bonds. The van der Waals surface area contributed by atoms with Gasteiger partial charge in [-0.05, 0) is 41.3 Å². The zero-order chi connectivity index (χ0) is 17.5. The number of benzene rings is 2. The van der Waals surface area contributed by atoms with E-state index in [1.807, 2.05) is 53.9 Å². The maximum atomic E-state index is 12.0. The summed E-state index contributed by atoms with van der Waals surface area (Å²) in [5.74, 6) is 1.71. The summed E-state index contributed by atoms with van der Waals surface area (Å²) in [6.45, 7) is 0. The van der Waals surface area contributed by atoms with Gasteiger partial charge in [-0.1, -0.05) is 42.5 Å². The fourth-order valence-electron chi connectivity index (χ4n) is 2.33. The minimum Gasteiger partial charge on any atom is -0.496 e. The molecule has 1 aromatic heterocycles. The number of ether oxygens (including phenoxy) is 1. The number of carbonyl (C=O) groups excluding carboxylic acids is 1. The van der Waals surface area contributed by atoms with E-state index in [2.05, 4.69) is 18.2 Å². The van der Waals surface area contributed by atoms with E-state index in [9.17, 15) is 4.79 Å². The Hall–Kier alpha value is -2.30. The molecule has 0 saturated heterocycles. The summed E-state index contributed by atoms with van der Waals surface area (Å²) in [5.41, 5.74) is 2.09. The van der Waals surface area contributed by atoms with Gasteiger partial charge >= 0.3 is 0 Å². The number of methoxy groups -OCH3 is 1. The lowest BCUT2D eigenvalue weighted by Crippen LogP contribution is -1.92. The Balaban J connectivity index is 1.70. The first-order valence-electron chi connectivity index (χ1n) is 7.87. The van der Waals surface area contributed by atoms with Crippen molar-refractivity contribution in [3.05, 3.63) is 88.1 Å². The fraction of sp³-hybridized carbons (Fsp3) is 0.0952. The van der Waals surface area contributed by atoms with Gasteiger partial charge in [0.15, 0.2) is 5.78 Å². The van der Waals surface area contributed by atoms with Gasteiger partial charge in [0.25, 0.3) is 0 Å². The van der Waals surface area contributed by atoms with E-state index in [-0.39, 0.29) is 5.78 Å². The van der Waals surface area contributed by atoms with Crippen molar-refractivity contribution in [3.8, 4) is 5.75 Å². The quantitative estimate of drug-likeness (QED) is 0.294. The summed E-state index contributed by atoms with van der Waals surface area (Å²) in [4.78, 5) is 14.0. The van der Waals surface area contributed by atoms with Crippen LogP contribution >= 0.6 is 23.1 Å². The highest BCUT2D eigenvalue weighted by Crippen LogP contribution is 2.29. The number of allylic oxidation sites excluding steroid dienone is 1. The van der Waals surface area contributed by atoms with Crippen LogP contribution in [0.2, 0.25) is 0 Å². The number of thioether (sulfide) groups is 1. The molecule has 126 valence electrons. The predicted octanol–water partition coefficient (Wildman–Crippen LogP) is 5.95. The highest BCUT2D eigenvalue weighted by atomic mass is 32.2. The van der Waals surface area contributed by atoms with E-state index in [0.29, 0.717) is 0 Å². The van der Waals surface area contributed by atoms with E-state index in [4.69, 9.17) is 4.74 Å². The highest BCUT2D eigenvalue weighted by molar-refractivity contribution is 7.98. The van der Waals surface area contributed by atoms with Gasteiger partial charge in [0.2, 0.25) is 0 Å². The second-order valence-electron chi connectivity index (χ2n) is 5.35. The number of carbonyl (C=O) groups is 1. The number of ketones is 1. The summed E-state index contributed by atoms with van der Waals surface area (Å²) < 4.78 is 5.52. The second kappa shape index (κ2) is 8.70. The van der Waals surface area contributed by atoms with Crippen molar-refractivity contribution in [1.29, 1.82) is 0 Å². The van der Waals surface area contributed by atoms with Crippen LogP contribution in [-0.2, 0) is 5.75 Å². The molecular formula is C21H18O2S2. The Morgan fingerprint density at radius 1 is 1.12 bits per heavy atom. The highest BCUT2D eigenvalue weighted by Gasteiger charge is 2.06. The van der Waals surface area contributed by atoms with Crippen LogP contribution in [0, 0.1) is 0 Å². The third-order valence-corrected chi connectivity index (χ3v) is 5.59. The summed E-state index contributed by atoms with van der Waals surface area (Å²) >= 11 is 3.23. The van der Waals surface area contributed by atoms with Crippen molar-refractivity contribution in [2.24, 2.45) is 0 Å². The number of rotatable bonds is 7. The molecule has 0 aliphatic heterocycles. The molecular weight excluding hydrogens is 348 g/mol. The second-order valence-corrected chi connectivity index (χ2v) is 7.34. The molecule has 0 fully saturated rings. The SMILES string of the molecule is COc1cc(/C=C/C(=O)c2cccs2)ccc1CSc1ccccc1. The van der Waals surface area contributed by atoms with Crippen LogP contribution in [-0.4, -0.2) is 12.9 Å². The molecule has 0 unspecified atom stereocenters. The first-order valence-corrected chi connectivity index (χ1v) is 9.73. The zero-order valence-electron chi connectivity index (χ0n) is 13.8. The van der Waals surface area contributed by atoms with Crippen LogP contribution in [0.5, 0.6) is 5.75 Å². The molecule has 0 atom stereocenters. The van der Waals surface area contributed by atoms with E-state index in [0.717, 1.165) is 27.5 Å². The van der Waals surface area contributed by atoms with Gasteiger partial charge in [0.1, 0.15) is 5.75 Å². The normalized spacial score (nSPS) is 10.9. The number of hydrogen-bond donors (Lipinski definition) is 0. The number of hydrogen-bond acceptors (Lipinski definition) is 4. The smallest absolute Gasteiger partial charge is 0.195 e. The van der Waals surface area contributed by atoms with Gasteiger partial charge in [0, 0.05) is 16.2 Å². The lowest BCUT2D eigenvalue weighted by atomic mass is 10.1. The molecule has 0 radical (unpaired) electrons. The monoisotopic (exact) mass is 366 g/mol. The van der Waals surface area contributed by atoms with E-state index in [1.165, 1.54) is 16.2 Å². The predicted molar refractivity (Wildman–Crippen MR) is 107 cm³/mol. The molecule has 0 bridgehead atoms. The van der Waals surface area contributed by atoms with Crippen molar-refractivity contribution in [3.63, 3.8) is 0 Å². The van der Waals surface area contributed by atoms with Gasteiger partial charge in [-0.15, -0.1) is 23.1 Å². The summed E-state index contributed by atoms with van der Waals surface area (Å²) in [6.07, 6.45) is 3.44. The third kappa shape index (κ3) is 4.84. The maximum Gasteiger partial charge on any atom is 0.195 e. The molecule has 1 heterocycles. The van der Waals surface area contributed by atoms with Crippen LogP contribution in [0.15, 0.2) is 77.0 Å². The summed E-state index contributed by atoms with van der Waals surface area (Å²) in [7, 11) is 1.68. The average Bonchev–Trinajstić information content (AvgIpc) is 3.20. The molecule has 4 heteroatoms. The Morgan fingerprint density at radius 2 is 1.96 bits per heavy atom. The zero-order valence-corrected chi connectivity index (χ0v) is 15.5. The standard InChI is InChI=1S/C21H18O2S2/c1-23-20-14-16(10-12-19(22)21-8-5-13-24-21)9-11-17(20)15-25-18-6-3-2-4-7-18/h2-14H,15H2,1H3/b12-10+. The topological polar surface area (TPSA) is 26.3 Å². The molecule has 0 saturated carbocycles. The van der Waals surface area contributed by atoms with E-state index < -0.39 is 0 Å². The Morgan fingerprint density at radius 3 is 2.68 bits per heavy atom. The summed E-state index contributed by atoms with van der Waals surface area (Å²) in [6, 6.07) is 20.1. The molecule has 0 spiro atoms. The molecule has 3 aromatic rings. The van der Waals surface area contributed by atoms with E-state index in [1.54, 1.807) is 24.9 Å². The Labute approximate surface area is 156 Å². The van der Waals surface area contributed by atoms with Crippen LogP contribution < -0.4 is 4.74 Å². The lowest BCUT2D eigenvalue weighted by molar-refractivity contribution is 0.105. The van der Waals surface area contributed by atoms with Gasteiger partial charge in [0.05, 0.1) is 12.0 Å². The van der Waals surface area contributed by atoms with E-state index >= 15 is 0 Å². The van der Waals surface area contributed by atoms with Crippen molar-refractivity contribution in [1.82, 2.24) is 0 Å². The number of thiophene rings is 1. The molecule has 0 aliphatic carbocycles. The van der Waals surface area contributed by atoms with Crippen molar-refractivity contribution in [2.75, 3.05) is 7.11 Å². The molecule has 3 rings (SSSR count). The average molecular weight is 367 g/mol. The molecule has 2 nitrogen and oxygen atoms in total. The van der Waals surface area contributed by atoms with Crippen molar-refractivity contribution >= 4 is 35.0 Å². The van der Waals surface area contributed by atoms with Crippen molar-refractivity contribution in [2.45, 2.75) is 10.6 Å². The molecule has 0 N–H and O–H groups in total. The maximum absolute atomic E-state index is 12.0. The summed E-state index contributed by atoms with van der Waals surface area (Å²) in [5, 5.41) is 1.91. The Kier molecular flexibility index (Phi) is 6.09. The van der Waals surface area contributed by atoms with Gasteiger partial charge in [-0.2, -0.15) is 0 Å². The van der Waals surface area contributed by atoms with Crippen LogP contribution in [0.3, 0.4) is 0 Å².